The molecule has 1 aromatic carbocycles. The second-order valence-corrected chi connectivity index (χ2v) is 5.74. The number of methoxy groups -OCH3 is 1. The highest BCUT2D eigenvalue weighted by atomic mass is 32.2. The van der Waals surface area contributed by atoms with Gasteiger partial charge in [0.25, 0.3) is 5.56 Å². The Morgan fingerprint density at radius 2 is 2.26 bits per heavy atom. The molecule has 0 fully saturated rings. The number of hydrogen-bond acceptors (Lipinski definition) is 6. The Balaban J connectivity index is 2.28. The predicted octanol–water partition coefficient (Wildman–Crippen LogP) is 1.67. The molecular formula is C15H18N4O3S. The molecule has 7 nitrogen and oxygen atoms in total. The summed E-state index contributed by atoms with van der Waals surface area (Å²) in [5.74, 6) is 0.400. The summed E-state index contributed by atoms with van der Waals surface area (Å²) in [5.41, 5.74) is 6.30. The fourth-order valence-electron chi connectivity index (χ4n) is 1.91. The number of hydrogen-bond donors (Lipinski definition) is 2. The van der Waals surface area contributed by atoms with Crippen LogP contribution in [0.4, 0.5) is 0 Å². The van der Waals surface area contributed by atoms with Gasteiger partial charge in [-0.15, -0.1) is 0 Å². The highest BCUT2D eigenvalue weighted by molar-refractivity contribution is 8.13. The number of carbonyl (C=O) groups excluding carboxylic acids is 1. The zero-order valence-electron chi connectivity index (χ0n) is 13.0. The summed E-state index contributed by atoms with van der Waals surface area (Å²) in [5, 5.41) is 0.872. The summed E-state index contributed by atoms with van der Waals surface area (Å²) in [7, 11) is 1.30. The van der Waals surface area contributed by atoms with Crippen molar-refractivity contribution in [3.8, 4) is 0 Å². The topological polar surface area (TPSA) is 110 Å². The second-order valence-electron chi connectivity index (χ2n) is 4.74. The van der Waals surface area contributed by atoms with Gasteiger partial charge < -0.3 is 15.5 Å². The van der Waals surface area contributed by atoms with E-state index in [4.69, 9.17) is 5.73 Å². The van der Waals surface area contributed by atoms with Gasteiger partial charge in [-0.2, -0.15) is 0 Å². The van der Waals surface area contributed by atoms with Gasteiger partial charge in [-0.05, 0) is 24.6 Å². The lowest BCUT2D eigenvalue weighted by atomic mass is 10.1. The summed E-state index contributed by atoms with van der Waals surface area (Å²) < 4.78 is 4.67. The molecule has 0 atom stereocenters. The first kappa shape index (κ1) is 17.0. The van der Waals surface area contributed by atoms with E-state index in [1.165, 1.54) is 24.9 Å². The molecular weight excluding hydrogens is 316 g/mol. The minimum atomic E-state index is -0.471. The van der Waals surface area contributed by atoms with Crippen LogP contribution in [0.2, 0.25) is 0 Å². The van der Waals surface area contributed by atoms with Crippen LogP contribution in [-0.2, 0) is 10.5 Å². The number of rotatable bonds is 5. The highest BCUT2D eigenvalue weighted by Crippen LogP contribution is 2.14. The molecule has 0 bridgehead atoms. The number of aromatic nitrogens is 2. The molecule has 0 amide bonds. The average Bonchev–Trinajstić information content (AvgIpc) is 2.56. The summed E-state index contributed by atoms with van der Waals surface area (Å²) in [4.78, 5) is 34.9. The Hall–Kier alpha value is -2.35. The highest BCUT2D eigenvalue weighted by Gasteiger charge is 2.10. The van der Waals surface area contributed by atoms with Crippen LogP contribution < -0.4 is 11.3 Å². The minimum Gasteiger partial charge on any atom is -0.465 e. The van der Waals surface area contributed by atoms with E-state index in [9.17, 15) is 9.59 Å². The molecule has 0 aliphatic rings. The van der Waals surface area contributed by atoms with Gasteiger partial charge in [-0.3, -0.25) is 9.79 Å². The van der Waals surface area contributed by atoms with E-state index in [2.05, 4.69) is 19.7 Å². The van der Waals surface area contributed by atoms with Gasteiger partial charge in [-0.1, -0.05) is 18.7 Å². The van der Waals surface area contributed by atoms with E-state index >= 15 is 0 Å². The van der Waals surface area contributed by atoms with Crippen LogP contribution in [0, 0.1) is 0 Å². The number of nitrogens with one attached hydrogen (secondary N) is 1. The van der Waals surface area contributed by atoms with Crippen molar-refractivity contribution in [1.29, 1.82) is 0 Å². The maximum Gasteiger partial charge on any atom is 0.337 e. The number of nitrogens with zero attached hydrogens (tertiary/aromatic N) is 2. The molecule has 0 spiro atoms. The van der Waals surface area contributed by atoms with Crippen molar-refractivity contribution in [2.24, 2.45) is 10.7 Å². The third-order valence-electron chi connectivity index (χ3n) is 3.02. The molecule has 2 aromatic rings. The quantitative estimate of drug-likeness (QED) is 0.489. The summed E-state index contributed by atoms with van der Waals surface area (Å²) >= 11 is 1.31. The number of ether oxygens (including phenoxy) is 1. The van der Waals surface area contributed by atoms with E-state index < -0.39 is 5.97 Å². The lowest BCUT2D eigenvalue weighted by molar-refractivity contribution is 0.0601. The fraction of sp³-hybridized carbons (Fsp3) is 0.333. The van der Waals surface area contributed by atoms with Crippen molar-refractivity contribution in [3.05, 3.63) is 39.9 Å². The number of esters is 1. The Morgan fingerprint density at radius 3 is 2.96 bits per heavy atom. The van der Waals surface area contributed by atoms with Crippen LogP contribution >= 0.6 is 11.8 Å². The summed E-state index contributed by atoms with van der Waals surface area (Å²) in [6.07, 6.45) is 0.919. The number of fused-ring (bicyclic) bond motifs is 1. The van der Waals surface area contributed by atoms with Crippen molar-refractivity contribution in [2.75, 3.05) is 13.7 Å². The van der Waals surface area contributed by atoms with Crippen molar-refractivity contribution in [3.63, 3.8) is 0 Å². The maximum atomic E-state index is 12.1. The maximum absolute atomic E-state index is 12.1. The number of amidine groups is 1. The van der Waals surface area contributed by atoms with E-state index in [1.54, 1.807) is 12.1 Å². The van der Waals surface area contributed by atoms with Crippen LogP contribution in [0.3, 0.4) is 0 Å². The molecule has 0 radical (unpaired) electrons. The minimum absolute atomic E-state index is 0.258. The van der Waals surface area contributed by atoms with E-state index in [0.717, 1.165) is 6.42 Å². The molecule has 8 heteroatoms. The third kappa shape index (κ3) is 4.32. The van der Waals surface area contributed by atoms with Crippen LogP contribution in [0.5, 0.6) is 0 Å². The monoisotopic (exact) mass is 334 g/mol. The molecule has 122 valence electrons. The van der Waals surface area contributed by atoms with Crippen molar-refractivity contribution in [2.45, 2.75) is 19.1 Å². The number of nitrogens with two attached hydrogens (primary N) is 1. The van der Waals surface area contributed by atoms with Crippen LogP contribution in [-0.4, -0.2) is 34.8 Å². The Labute approximate surface area is 137 Å². The number of thioether (sulfide) groups is 1. The van der Waals surface area contributed by atoms with Gasteiger partial charge in [-0.25, -0.2) is 9.78 Å². The molecule has 1 heterocycles. The van der Waals surface area contributed by atoms with Crippen LogP contribution in [0.25, 0.3) is 10.9 Å². The Bertz CT molecular complexity index is 801. The van der Waals surface area contributed by atoms with E-state index in [1.807, 2.05) is 6.92 Å². The molecule has 0 unspecified atom stereocenters. The fourth-order valence-corrected chi connectivity index (χ4v) is 2.51. The third-order valence-corrected chi connectivity index (χ3v) is 3.87. The van der Waals surface area contributed by atoms with Gasteiger partial charge in [0.1, 0.15) is 5.82 Å². The number of aliphatic imine (C=N–C) groups is 1. The molecule has 3 N–H and O–H groups in total. The van der Waals surface area contributed by atoms with E-state index in [-0.39, 0.29) is 5.56 Å². The van der Waals surface area contributed by atoms with Crippen LogP contribution in [0.1, 0.15) is 29.5 Å². The lowest BCUT2D eigenvalue weighted by Gasteiger charge is -2.05. The van der Waals surface area contributed by atoms with Gasteiger partial charge in [0.15, 0.2) is 5.17 Å². The van der Waals surface area contributed by atoms with E-state index in [0.29, 0.717) is 39.8 Å². The van der Waals surface area contributed by atoms with Gasteiger partial charge in [0, 0.05) is 6.54 Å². The SMILES string of the molecule is CCCN=C(N)SCc1nc2cc(C(=O)OC)ccc2c(=O)[nH]1. The molecule has 1 aromatic heterocycles. The smallest absolute Gasteiger partial charge is 0.337 e. The predicted molar refractivity (Wildman–Crippen MR) is 91.8 cm³/mol. The van der Waals surface area contributed by atoms with Gasteiger partial charge >= 0.3 is 5.97 Å². The first-order chi connectivity index (χ1) is 11.0. The molecule has 2 rings (SSSR count). The average molecular weight is 334 g/mol. The standard InChI is InChI=1S/C15H18N4O3S/c1-3-6-17-15(16)23-8-12-18-11-7-9(14(21)22-2)4-5-10(11)13(20)19-12/h4-5,7H,3,6,8H2,1-2H3,(H2,16,17)(H,18,19,20). The van der Waals surface area contributed by atoms with Gasteiger partial charge in [0.2, 0.25) is 0 Å². The largest absolute Gasteiger partial charge is 0.465 e. The van der Waals surface area contributed by atoms with Crippen molar-refractivity contribution < 1.29 is 9.53 Å². The summed E-state index contributed by atoms with van der Waals surface area (Å²) in [6.45, 7) is 2.69. The van der Waals surface area contributed by atoms with Crippen molar-refractivity contribution in [1.82, 2.24) is 9.97 Å². The number of benzene rings is 1. The Kier molecular flexibility index (Phi) is 5.75. The zero-order chi connectivity index (χ0) is 16.8. The van der Waals surface area contributed by atoms with Crippen LogP contribution in [0.15, 0.2) is 28.0 Å². The molecule has 0 saturated heterocycles. The normalized spacial score (nSPS) is 11.7. The summed E-state index contributed by atoms with van der Waals surface area (Å²) in [6, 6.07) is 4.63. The molecule has 0 aliphatic carbocycles. The second kappa shape index (κ2) is 7.77. The number of carbonyl (C=O) groups is 1. The first-order valence-corrected chi connectivity index (χ1v) is 8.07. The molecule has 23 heavy (non-hydrogen) atoms. The molecule has 0 saturated carbocycles. The lowest BCUT2D eigenvalue weighted by Crippen LogP contribution is -2.14. The number of H-pyrrole nitrogens is 1. The number of aromatic amines is 1. The van der Waals surface area contributed by atoms with Gasteiger partial charge in [0.05, 0.1) is 29.3 Å². The zero-order valence-corrected chi connectivity index (χ0v) is 13.8. The molecule has 0 aliphatic heterocycles. The Morgan fingerprint density at radius 1 is 1.48 bits per heavy atom. The van der Waals surface area contributed by atoms with Crippen molar-refractivity contribution >= 4 is 33.8 Å². The first-order valence-electron chi connectivity index (χ1n) is 7.09.